The van der Waals surface area contributed by atoms with Crippen molar-refractivity contribution in [1.82, 2.24) is 0 Å². The molecule has 132 valence electrons. The molecule has 26 heavy (non-hydrogen) atoms. The lowest BCUT2D eigenvalue weighted by molar-refractivity contribution is 0.0699. The van der Waals surface area contributed by atoms with Gasteiger partial charge in [-0.25, -0.2) is 4.79 Å². The first kappa shape index (κ1) is 18.9. The molecule has 0 atom stereocenters. The number of amides is 1. The lowest BCUT2D eigenvalue weighted by atomic mass is 10.0. The summed E-state index contributed by atoms with van der Waals surface area (Å²) in [7, 11) is 0. The molecular weight excluding hydrogens is 461 g/mol. The van der Waals surface area contributed by atoms with Crippen molar-refractivity contribution in [2.75, 3.05) is 5.32 Å². The highest BCUT2D eigenvalue weighted by Gasteiger charge is 2.23. The standard InChI is InChI=1S/C18H10BrCl2NO3S/c19-10-3-1-2-9(6-10)16(23)22-17-15(18(24)25)13(8-26-17)12-5-4-11(20)7-14(12)21/h1-8H,(H,22,23)(H,24,25). The van der Waals surface area contributed by atoms with Gasteiger partial charge in [-0.15, -0.1) is 11.3 Å². The van der Waals surface area contributed by atoms with Crippen molar-refractivity contribution in [1.29, 1.82) is 0 Å². The van der Waals surface area contributed by atoms with Crippen LogP contribution in [0.1, 0.15) is 20.7 Å². The summed E-state index contributed by atoms with van der Waals surface area (Å²) in [6.07, 6.45) is 0. The minimum Gasteiger partial charge on any atom is -0.478 e. The summed E-state index contributed by atoms with van der Waals surface area (Å²) in [5.74, 6) is -1.55. The van der Waals surface area contributed by atoms with Gasteiger partial charge in [-0.1, -0.05) is 51.3 Å². The fourth-order valence-electron chi connectivity index (χ4n) is 2.37. The van der Waals surface area contributed by atoms with Crippen LogP contribution in [0.4, 0.5) is 5.00 Å². The first-order valence-corrected chi connectivity index (χ1v) is 9.67. The number of halogens is 3. The molecule has 0 saturated carbocycles. The molecule has 0 aliphatic heterocycles. The van der Waals surface area contributed by atoms with E-state index in [1.807, 2.05) is 0 Å². The molecule has 0 aliphatic rings. The summed E-state index contributed by atoms with van der Waals surface area (Å²) in [5, 5.41) is 15.0. The Kier molecular flexibility index (Phi) is 5.67. The predicted octanol–water partition coefficient (Wildman–Crippen LogP) is 6.43. The Balaban J connectivity index is 2.00. The number of hydrogen-bond donors (Lipinski definition) is 2. The van der Waals surface area contributed by atoms with Gasteiger partial charge in [0.1, 0.15) is 10.6 Å². The van der Waals surface area contributed by atoms with Crippen LogP contribution >= 0.6 is 50.5 Å². The minimum absolute atomic E-state index is 0.0115. The molecule has 4 nitrogen and oxygen atoms in total. The normalized spacial score (nSPS) is 10.6. The van der Waals surface area contributed by atoms with E-state index < -0.39 is 11.9 Å². The van der Waals surface area contributed by atoms with E-state index >= 15 is 0 Å². The highest BCUT2D eigenvalue weighted by Crippen LogP contribution is 2.39. The van der Waals surface area contributed by atoms with Crippen LogP contribution in [0, 0.1) is 0 Å². The Morgan fingerprint density at radius 1 is 1.08 bits per heavy atom. The van der Waals surface area contributed by atoms with Gasteiger partial charge in [-0.3, -0.25) is 4.79 Å². The monoisotopic (exact) mass is 469 g/mol. The molecule has 0 radical (unpaired) electrons. The van der Waals surface area contributed by atoms with E-state index in [9.17, 15) is 14.7 Å². The Hall–Kier alpha value is -1.86. The van der Waals surface area contributed by atoms with Gasteiger partial charge in [0.15, 0.2) is 0 Å². The van der Waals surface area contributed by atoms with E-state index in [1.165, 1.54) is 0 Å². The van der Waals surface area contributed by atoms with Gasteiger partial charge in [0.05, 0.1) is 0 Å². The highest BCUT2D eigenvalue weighted by atomic mass is 79.9. The number of benzene rings is 2. The molecule has 0 unspecified atom stereocenters. The number of thiophene rings is 1. The van der Waals surface area contributed by atoms with Crippen molar-refractivity contribution in [3.05, 3.63) is 73.5 Å². The van der Waals surface area contributed by atoms with E-state index in [-0.39, 0.29) is 10.6 Å². The van der Waals surface area contributed by atoms with Gasteiger partial charge in [0, 0.05) is 36.6 Å². The fourth-order valence-corrected chi connectivity index (χ4v) is 4.23. The van der Waals surface area contributed by atoms with Crippen LogP contribution in [0.25, 0.3) is 11.1 Å². The second-order valence-electron chi connectivity index (χ2n) is 5.25. The van der Waals surface area contributed by atoms with Crippen molar-refractivity contribution >= 4 is 67.3 Å². The minimum atomic E-state index is -1.16. The van der Waals surface area contributed by atoms with Crippen LogP contribution in [0.5, 0.6) is 0 Å². The maximum Gasteiger partial charge on any atom is 0.339 e. The number of carbonyl (C=O) groups excluding carboxylic acids is 1. The Labute approximate surface area is 171 Å². The second-order valence-corrected chi connectivity index (χ2v) is 7.89. The smallest absolute Gasteiger partial charge is 0.339 e. The van der Waals surface area contributed by atoms with Crippen LogP contribution in [-0.2, 0) is 0 Å². The molecule has 3 aromatic rings. The fraction of sp³-hybridized carbons (Fsp3) is 0. The van der Waals surface area contributed by atoms with Gasteiger partial charge < -0.3 is 10.4 Å². The van der Waals surface area contributed by atoms with Crippen LogP contribution in [-0.4, -0.2) is 17.0 Å². The molecule has 2 N–H and O–H groups in total. The molecule has 0 fully saturated rings. The third-order valence-electron chi connectivity index (χ3n) is 3.54. The second kappa shape index (κ2) is 7.80. The quantitative estimate of drug-likeness (QED) is 0.461. The Morgan fingerprint density at radius 3 is 2.50 bits per heavy atom. The number of nitrogens with one attached hydrogen (secondary N) is 1. The summed E-state index contributed by atoms with van der Waals surface area (Å²) in [6.45, 7) is 0. The van der Waals surface area contributed by atoms with Crippen LogP contribution in [0.15, 0.2) is 52.3 Å². The lowest BCUT2D eigenvalue weighted by Gasteiger charge is -2.08. The first-order chi connectivity index (χ1) is 12.4. The largest absolute Gasteiger partial charge is 0.478 e. The Morgan fingerprint density at radius 2 is 1.85 bits per heavy atom. The molecule has 0 saturated heterocycles. The maximum atomic E-state index is 12.4. The zero-order valence-corrected chi connectivity index (χ0v) is 16.8. The van der Waals surface area contributed by atoms with E-state index in [0.29, 0.717) is 26.7 Å². The molecule has 0 aliphatic carbocycles. The van der Waals surface area contributed by atoms with Gasteiger partial charge in [-0.2, -0.15) is 0 Å². The summed E-state index contributed by atoms with van der Waals surface area (Å²) in [6, 6.07) is 11.6. The third kappa shape index (κ3) is 3.94. The van der Waals surface area contributed by atoms with Crippen molar-refractivity contribution in [3.8, 4) is 11.1 Å². The number of aromatic carboxylic acids is 1. The van der Waals surface area contributed by atoms with E-state index in [0.717, 1.165) is 15.8 Å². The molecule has 1 heterocycles. The number of carbonyl (C=O) groups is 2. The van der Waals surface area contributed by atoms with E-state index in [1.54, 1.807) is 47.8 Å². The SMILES string of the molecule is O=C(Nc1scc(-c2ccc(Cl)cc2Cl)c1C(=O)O)c1cccc(Br)c1. The molecule has 1 aromatic heterocycles. The number of rotatable bonds is 4. The van der Waals surface area contributed by atoms with Crippen LogP contribution in [0.3, 0.4) is 0 Å². The maximum absolute atomic E-state index is 12.4. The number of anilines is 1. The van der Waals surface area contributed by atoms with Gasteiger partial charge in [0.2, 0.25) is 0 Å². The molecule has 3 rings (SSSR count). The van der Waals surface area contributed by atoms with E-state index in [2.05, 4.69) is 21.2 Å². The Bertz CT molecular complexity index is 1020. The number of carboxylic acid groups (broad SMARTS) is 1. The molecule has 0 bridgehead atoms. The summed E-state index contributed by atoms with van der Waals surface area (Å²) >= 11 is 16.5. The number of hydrogen-bond acceptors (Lipinski definition) is 3. The average Bonchev–Trinajstić information content (AvgIpc) is 2.98. The van der Waals surface area contributed by atoms with Crippen molar-refractivity contribution in [2.24, 2.45) is 0 Å². The van der Waals surface area contributed by atoms with Gasteiger partial charge >= 0.3 is 5.97 Å². The van der Waals surface area contributed by atoms with Gasteiger partial charge in [-0.05, 0) is 30.3 Å². The van der Waals surface area contributed by atoms with Crippen LogP contribution in [0.2, 0.25) is 10.0 Å². The number of carboxylic acids is 1. The summed E-state index contributed by atoms with van der Waals surface area (Å²) in [5.41, 5.74) is 1.36. The lowest BCUT2D eigenvalue weighted by Crippen LogP contribution is -2.13. The van der Waals surface area contributed by atoms with Crippen LogP contribution < -0.4 is 5.32 Å². The first-order valence-electron chi connectivity index (χ1n) is 7.24. The molecule has 2 aromatic carbocycles. The molecule has 8 heteroatoms. The topological polar surface area (TPSA) is 66.4 Å². The highest BCUT2D eigenvalue weighted by molar-refractivity contribution is 9.10. The predicted molar refractivity (Wildman–Crippen MR) is 109 cm³/mol. The zero-order chi connectivity index (χ0) is 18.8. The average molecular weight is 471 g/mol. The van der Waals surface area contributed by atoms with Gasteiger partial charge in [0.25, 0.3) is 5.91 Å². The molecule has 1 amide bonds. The van der Waals surface area contributed by atoms with Crippen molar-refractivity contribution in [2.45, 2.75) is 0 Å². The van der Waals surface area contributed by atoms with Crippen molar-refractivity contribution < 1.29 is 14.7 Å². The third-order valence-corrected chi connectivity index (χ3v) is 5.48. The summed E-state index contributed by atoms with van der Waals surface area (Å²) < 4.78 is 0.753. The van der Waals surface area contributed by atoms with Crippen molar-refractivity contribution in [3.63, 3.8) is 0 Å². The zero-order valence-electron chi connectivity index (χ0n) is 12.9. The molecular formula is C18H10BrCl2NO3S. The molecule has 0 spiro atoms. The summed E-state index contributed by atoms with van der Waals surface area (Å²) in [4.78, 5) is 24.2. The van der Waals surface area contributed by atoms with E-state index in [4.69, 9.17) is 23.2 Å².